The molecule has 2 amide bonds. The number of amides is 2. The normalized spacial score (nSPS) is 18.2. The van der Waals surface area contributed by atoms with Crippen LogP contribution in [0.5, 0.6) is 0 Å². The number of aryl methyl sites for hydroxylation is 2. The summed E-state index contributed by atoms with van der Waals surface area (Å²) in [6.45, 7) is 5.97. The molecular formula is C15H22N2O3S. The van der Waals surface area contributed by atoms with Crippen molar-refractivity contribution in [2.75, 3.05) is 0 Å². The summed E-state index contributed by atoms with van der Waals surface area (Å²) < 4.78 is 0. The molecule has 2 rings (SSSR count). The second-order valence-corrected chi connectivity index (χ2v) is 7.24. The molecule has 5 nitrogen and oxygen atoms in total. The molecule has 0 saturated heterocycles. The molecule has 1 heterocycles. The molecule has 0 spiro atoms. The Morgan fingerprint density at radius 3 is 2.43 bits per heavy atom. The fourth-order valence-corrected chi connectivity index (χ4v) is 4.00. The number of rotatable bonds is 4. The molecular weight excluding hydrogens is 288 g/mol. The molecule has 6 heteroatoms. The van der Waals surface area contributed by atoms with Crippen molar-refractivity contribution < 1.29 is 14.7 Å². The highest BCUT2D eigenvalue weighted by atomic mass is 32.1. The maximum atomic E-state index is 12.1. The molecule has 1 aliphatic rings. The van der Waals surface area contributed by atoms with Gasteiger partial charge >= 0.3 is 12.0 Å². The van der Waals surface area contributed by atoms with Crippen molar-refractivity contribution >= 4 is 23.3 Å². The topological polar surface area (TPSA) is 78.4 Å². The summed E-state index contributed by atoms with van der Waals surface area (Å²) in [7, 11) is 0. The summed E-state index contributed by atoms with van der Waals surface area (Å²) >= 11 is 1.70. The van der Waals surface area contributed by atoms with Gasteiger partial charge < -0.3 is 15.7 Å². The zero-order valence-corrected chi connectivity index (χ0v) is 13.5. The molecule has 1 saturated carbocycles. The lowest BCUT2D eigenvalue weighted by atomic mass is 9.98. The third-order valence-corrected chi connectivity index (χ3v) is 5.09. The Labute approximate surface area is 128 Å². The van der Waals surface area contributed by atoms with E-state index in [0.717, 1.165) is 18.4 Å². The van der Waals surface area contributed by atoms with Crippen LogP contribution < -0.4 is 10.6 Å². The van der Waals surface area contributed by atoms with E-state index >= 15 is 0 Å². The number of thiophene rings is 1. The number of carbonyl (C=O) groups is 2. The minimum Gasteiger partial charge on any atom is -0.480 e. The quantitative estimate of drug-likeness (QED) is 0.799. The first kappa shape index (κ1) is 15.8. The Morgan fingerprint density at radius 2 is 1.95 bits per heavy atom. The van der Waals surface area contributed by atoms with Gasteiger partial charge in [-0.25, -0.2) is 9.59 Å². The molecule has 1 atom stereocenters. The Morgan fingerprint density at radius 1 is 1.33 bits per heavy atom. The van der Waals surface area contributed by atoms with E-state index in [0.29, 0.717) is 12.8 Å². The van der Waals surface area contributed by atoms with Gasteiger partial charge in [0.2, 0.25) is 0 Å². The zero-order chi connectivity index (χ0) is 15.6. The highest BCUT2D eigenvalue weighted by Gasteiger charge is 2.42. The molecule has 1 aliphatic carbocycles. The van der Waals surface area contributed by atoms with Crippen molar-refractivity contribution in [2.24, 2.45) is 0 Å². The summed E-state index contributed by atoms with van der Waals surface area (Å²) in [4.78, 5) is 25.9. The van der Waals surface area contributed by atoms with Crippen LogP contribution in [-0.2, 0) is 4.79 Å². The number of carbonyl (C=O) groups excluding carboxylic acids is 1. The molecule has 116 valence electrons. The average Bonchev–Trinajstić information content (AvgIpc) is 2.96. The fraction of sp³-hybridized carbons (Fsp3) is 0.600. The summed E-state index contributed by atoms with van der Waals surface area (Å²) in [5, 5.41) is 14.9. The number of carboxylic acids is 1. The van der Waals surface area contributed by atoms with Gasteiger partial charge in [0.1, 0.15) is 5.54 Å². The van der Waals surface area contributed by atoms with Crippen LogP contribution in [0.15, 0.2) is 6.07 Å². The van der Waals surface area contributed by atoms with Crippen LogP contribution in [0.4, 0.5) is 4.79 Å². The molecule has 1 fully saturated rings. The largest absolute Gasteiger partial charge is 0.480 e. The molecule has 0 aromatic carbocycles. The van der Waals surface area contributed by atoms with Crippen molar-refractivity contribution in [3.63, 3.8) is 0 Å². The van der Waals surface area contributed by atoms with Gasteiger partial charge in [-0.1, -0.05) is 12.8 Å². The van der Waals surface area contributed by atoms with Crippen LogP contribution in [0.3, 0.4) is 0 Å². The summed E-state index contributed by atoms with van der Waals surface area (Å²) in [6.07, 6.45) is 2.68. The summed E-state index contributed by atoms with van der Waals surface area (Å²) in [5.74, 6) is -0.939. The third kappa shape index (κ3) is 3.37. The molecule has 0 bridgehead atoms. The minimum absolute atomic E-state index is 0.137. The van der Waals surface area contributed by atoms with Crippen molar-refractivity contribution in [1.29, 1.82) is 0 Å². The summed E-state index contributed by atoms with van der Waals surface area (Å²) in [6, 6.07) is 1.52. The Bertz CT molecular complexity index is 547. The van der Waals surface area contributed by atoms with E-state index in [9.17, 15) is 14.7 Å². The van der Waals surface area contributed by atoms with Crippen molar-refractivity contribution in [1.82, 2.24) is 10.6 Å². The van der Waals surface area contributed by atoms with Gasteiger partial charge in [-0.3, -0.25) is 0 Å². The fourth-order valence-electron chi connectivity index (χ4n) is 2.98. The zero-order valence-electron chi connectivity index (χ0n) is 12.7. The number of urea groups is 1. The monoisotopic (exact) mass is 310 g/mol. The lowest BCUT2D eigenvalue weighted by Gasteiger charge is -2.26. The second-order valence-electron chi connectivity index (χ2n) is 5.78. The van der Waals surface area contributed by atoms with Gasteiger partial charge in [-0.15, -0.1) is 11.3 Å². The lowest BCUT2D eigenvalue weighted by Crippen LogP contribution is -2.55. The van der Waals surface area contributed by atoms with Gasteiger partial charge in [0.25, 0.3) is 0 Å². The van der Waals surface area contributed by atoms with E-state index in [2.05, 4.69) is 16.7 Å². The first-order chi connectivity index (χ1) is 9.84. The average molecular weight is 310 g/mol. The highest BCUT2D eigenvalue weighted by Crippen LogP contribution is 2.30. The Kier molecular flexibility index (Phi) is 4.56. The van der Waals surface area contributed by atoms with E-state index in [4.69, 9.17) is 0 Å². The van der Waals surface area contributed by atoms with E-state index in [1.165, 1.54) is 9.75 Å². The predicted octanol–water partition coefficient (Wildman–Crippen LogP) is 3.12. The van der Waals surface area contributed by atoms with Gasteiger partial charge in [0.05, 0.1) is 6.04 Å². The molecule has 1 aromatic heterocycles. The number of carboxylic acid groups (broad SMARTS) is 1. The number of nitrogens with one attached hydrogen (secondary N) is 2. The summed E-state index contributed by atoms with van der Waals surface area (Å²) in [5.41, 5.74) is -0.00731. The van der Waals surface area contributed by atoms with Crippen molar-refractivity contribution in [2.45, 2.75) is 58.0 Å². The van der Waals surface area contributed by atoms with Gasteiger partial charge in [0, 0.05) is 9.75 Å². The minimum atomic E-state index is -1.09. The SMILES string of the molecule is Cc1cc(C(C)NC(=O)NC2(C(=O)O)CCCC2)c(C)s1. The maximum Gasteiger partial charge on any atom is 0.329 e. The van der Waals surface area contributed by atoms with Gasteiger partial charge in [-0.2, -0.15) is 0 Å². The van der Waals surface area contributed by atoms with E-state index in [-0.39, 0.29) is 6.04 Å². The van der Waals surface area contributed by atoms with Crippen molar-refractivity contribution in [3.05, 3.63) is 21.4 Å². The molecule has 0 aliphatic heterocycles. The Hall–Kier alpha value is -1.56. The maximum absolute atomic E-state index is 12.1. The number of aliphatic carboxylic acids is 1. The lowest BCUT2D eigenvalue weighted by molar-refractivity contribution is -0.144. The van der Waals surface area contributed by atoms with Crippen LogP contribution >= 0.6 is 11.3 Å². The molecule has 0 radical (unpaired) electrons. The van der Waals surface area contributed by atoms with Crippen LogP contribution in [0.2, 0.25) is 0 Å². The molecule has 3 N–H and O–H groups in total. The van der Waals surface area contributed by atoms with Crippen LogP contribution in [0.25, 0.3) is 0 Å². The molecule has 1 aromatic rings. The van der Waals surface area contributed by atoms with E-state index in [1.54, 1.807) is 11.3 Å². The second kappa shape index (κ2) is 6.05. The predicted molar refractivity (Wildman–Crippen MR) is 82.7 cm³/mol. The van der Waals surface area contributed by atoms with Gasteiger partial charge in [-0.05, 0) is 45.2 Å². The Balaban J connectivity index is 2.01. The first-order valence-corrected chi connectivity index (χ1v) is 8.05. The van der Waals surface area contributed by atoms with Crippen LogP contribution in [0, 0.1) is 13.8 Å². The first-order valence-electron chi connectivity index (χ1n) is 7.23. The standard InChI is InChI=1S/C15H22N2O3S/c1-9-8-12(11(3)21-9)10(2)16-14(20)17-15(13(18)19)6-4-5-7-15/h8,10H,4-7H2,1-3H3,(H,18,19)(H2,16,17,20). The highest BCUT2D eigenvalue weighted by molar-refractivity contribution is 7.12. The van der Waals surface area contributed by atoms with E-state index < -0.39 is 17.5 Å². The molecule has 21 heavy (non-hydrogen) atoms. The third-order valence-electron chi connectivity index (χ3n) is 4.11. The number of hydrogen-bond acceptors (Lipinski definition) is 3. The molecule has 1 unspecified atom stereocenters. The number of hydrogen-bond donors (Lipinski definition) is 3. The van der Waals surface area contributed by atoms with E-state index in [1.807, 2.05) is 20.8 Å². The van der Waals surface area contributed by atoms with Crippen LogP contribution in [-0.4, -0.2) is 22.6 Å². The van der Waals surface area contributed by atoms with Gasteiger partial charge in [0.15, 0.2) is 0 Å². The smallest absolute Gasteiger partial charge is 0.329 e. The van der Waals surface area contributed by atoms with Crippen molar-refractivity contribution in [3.8, 4) is 0 Å². The van der Waals surface area contributed by atoms with Crippen LogP contribution in [0.1, 0.15) is 54.0 Å².